The van der Waals surface area contributed by atoms with Crippen molar-refractivity contribution >= 4 is 50.9 Å². The summed E-state index contributed by atoms with van der Waals surface area (Å²) in [7, 11) is 0. The van der Waals surface area contributed by atoms with E-state index in [1.54, 1.807) is 11.1 Å². The lowest BCUT2D eigenvalue weighted by molar-refractivity contribution is 0.00340. The zero-order valence-electron chi connectivity index (χ0n) is 16.1. The van der Waals surface area contributed by atoms with Crippen LogP contribution in [0.25, 0.3) is 21.3 Å². The lowest BCUT2D eigenvalue weighted by atomic mass is 10.1. The van der Waals surface area contributed by atoms with Crippen LogP contribution in [0.1, 0.15) is 12.8 Å². The SMILES string of the molecule is Cl.Nc1nc2ccc(-c3cnc4c(c3)N(C(=O)OC3CCOCC3)CCO4)cc2s1. The van der Waals surface area contributed by atoms with Crippen molar-refractivity contribution in [2.75, 3.05) is 37.0 Å². The van der Waals surface area contributed by atoms with Crippen molar-refractivity contribution in [2.24, 2.45) is 0 Å². The van der Waals surface area contributed by atoms with Crippen LogP contribution in [0.5, 0.6) is 5.88 Å². The molecule has 1 amide bonds. The van der Waals surface area contributed by atoms with Crippen molar-refractivity contribution in [3.05, 3.63) is 30.5 Å². The van der Waals surface area contributed by atoms with Crippen LogP contribution < -0.4 is 15.4 Å². The van der Waals surface area contributed by atoms with Crippen molar-refractivity contribution < 1.29 is 19.0 Å². The fourth-order valence-corrected chi connectivity index (χ4v) is 4.34. The van der Waals surface area contributed by atoms with E-state index in [1.807, 2.05) is 24.3 Å². The van der Waals surface area contributed by atoms with Gasteiger partial charge in [-0.15, -0.1) is 12.4 Å². The first-order chi connectivity index (χ1) is 14.2. The molecule has 1 saturated heterocycles. The Balaban J connectivity index is 0.00000218. The number of halogens is 1. The number of rotatable bonds is 2. The lowest BCUT2D eigenvalue weighted by Crippen LogP contribution is -2.41. The summed E-state index contributed by atoms with van der Waals surface area (Å²) in [4.78, 5) is 23.1. The van der Waals surface area contributed by atoms with Gasteiger partial charge in [0.25, 0.3) is 0 Å². The smallest absolute Gasteiger partial charge is 0.414 e. The van der Waals surface area contributed by atoms with Crippen molar-refractivity contribution in [1.29, 1.82) is 0 Å². The molecule has 10 heteroatoms. The summed E-state index contributed by atoms with van der Waals surface area (Å²) >= 11 is 1.44. The Morgan fingerprint density at radius 1 is 1.20 bits per heavy atom. The van der Waals surface area contributed by atoms with Gasteiger partial charge in [-0.3, -0.25) is 4.90 Å². The topological polar surface area (TPSA) is 99.8 Å². The van der Waals surface area contributed by atoms with Gasteiger partial charge in [0.2, 0.25) is 5.88 Å². The predicted octanol–water partition coefficient (Wildman–Crippen LogP) is 3.88. The highest BCUT2D eigenvalue weighted by molar-refractivity contribution is 7.22. The van der Waals surface area contributed by atoms with Gasteiger partial charge in [0, 0.05) is 24.6 Å². The number of carbonyl (C=O) groups is 1. The number of anilines is 2. The third-order valence-corrected chi connectivity index (χ3v) is 5.92. The quantitative estimate of drug-likeness (QED) is 0.635. The third-order valence-electron chi connectivity index (χ3n) is 5.07. The van der Waals surface area contributed by atoms with Gasteiger partial charge in [-0.25, -0.2) is 14.8 Å². The summed E-state index contributed by atoms with van der Waals surface area (Å²) in [5.74, 6) is 0.437. The molecule has 2 aliphatic rings. The molecule has 5 rings (SSSR count). The normalized spacial score (nSPS) is 16.5. The molecule has 0 aliphatic carbocycles. The van der Waals surface area contributed by atoms with E-state index < -0.39 is 0 Å². The molecule has 2 aliphatic heterocycles. The third kappa shape index (κ3) is 4.00. The first kappa shape index (κ1) is 20.6. The minimum absolute atomic E-state index is 0. The van der Waals surface area contributed by atoms with Crippen LogP contribution in [0.4, 0.5) is 15.6 Å². The van der Waals surface area contributed by atoms with Gasteiger partial charge in [-0.1, -0.05) is 17.4 Å². The number of pyridine rings is 1. The van der Waals surface area contributed by atoms with Crippen molar-refractivity contribution in [3.8, 4) is 17.0 Å². The zero-order chi connectivity index (χ0) is 19.8. The molecule has 158 valence electrons. The van der Waals surface area contributed by atoms with E-state index in [4.69, 9.17) is 19.9 Å². The van der Waals surface area contributed by atoms with E-state index in [0.29, 0.717) is 43.1 Å². The second-order valence-corrected chi connectivity index (χ2v) is 8.04. The molecule has 0 saturated carbocycles. The van der Waals surface area contributed by atoms with Crippen LogP contribution >= 0.6 is 23.7 Å². The molecule has 2 N–H and O–H groups in total. The Morgan fingerprint density at radius 2 is 2.03 bits per heavy atom. The Labute approximate surface area is 183 Å². The highest BCUT2D eigenvalue weighted by Gasteiger charge is 2.29. The highest BCUT2D eigenvalue weighted by Crippen LogP contribution is 2.36. The maximum Gasteiger partial charge on any atom is 0.414 e. The highest BCUT2D eigenvalue weighted by atomic mass is 35.5. The minimum atomic E-state index is -0.369. The maximum atomic E-state index is 12.8. The second-order valence-electron chi connectivity index (χ2n) is 6.98. The van der Waals surface area contributed by atoms with Crippen LogP contribution in [-0.4, -0.2) is 48.5 Å². The summed E-state index contributed by atoms with van der Waals surface area (Å²) in [6, 6.07) is 7.85. The van der Waals surface area contributed by atoms with Crippen LogP contribution in [0.3, 0.4) is 0 Å². The minimum Gasteiger partial charge on any atom is -0.474 e. The largest absolute Gasteiger partial charge is 0.474 e. The Morgan fingerprint density at radius 3 is 2.87 bits per heavy atom. The summed E-state index contributed by atoms with van der Waals surface area (Å²) in [5, 5.41) is 0.538. The predicted molar refractivity (Wildman–Crippen MR) is 118 cm³/mol. The number of nitrogens with two attached hydrogens (primary N) is 1. The van der Waals surface area contributed by atoms with Gasteiger partial charge in [-0.05, 0) is 23.8 Å². The summed E-state index contributed by atoms with van der Waals surface area (Å²) in [5.41, 5.74) is 9.15. The molecule has 0 spiro atoms. The Bertz CT molecular complexity index is 1070. The standard InChI is InChI=1S/C20H20N4O4S.ClH/c21-19-23-15-2-1-12(10-17(15)29-19)13-9-16-18(22-11-13)27-8-5-24(16)20(25)28-14-3-6-26-7-4-14;/h1-2,9-11,14H,3-8H2,(H2,21,23);1H. The fraction of sp³-hybridized carbons (Fsp3) is 0.350. The monoisotopic (exact) mass is 448 g/mol. The van der Waals surface area contributed by atoms with Crippen LogP contribution in [0, 0.1) is 0 Å². The summed E-state index contributed by atoms with van der Waals surface area (Å²) < 4.78 is 17.7. The molecule has 3 aromatic rings. The van der Waals surface area contributed by atoms with E-state index in [9.17, 15) is 4.79 Å². The summed E-state index contributed by atoms with van der Waals surface area (Å²) in [6.07, 6.45) is 2.71. The van der Waals surface area contributed by atoms with Crippen LogP contribution in [-0.2, 0) is 9.47 Å². The molecule has 0 radical (unpaired) electrons. The molecule has 2 aromatic heterocycles. The molecular weight excluding hydrogens is 428 g/mol. The number of ether oxygens (including phenoxy) is 3. The van der Waals surface area contributed by atoms with E-state index in [0.717, 1.165) is 34.2 Å². The summed E-state index contributed by atoms with van der Waals surface area (Å²) in [6.45, 7) is 2.04. The van der Waals surface area contributed by atoms with Crippen molar-refractivity contribution in [3.63, 3.8) is 0 Å². The first-order valence-corrected chi connectivity index (χ1v) is 10.3. The lowest BCUT2D eigenvalue weighted by Gasteiger charge is -2.31. The van der Waals surface area contributed by atoms with E-state index in [-0.39, 0.29) is 24.6 Å². The number of nitrogens with zero attached hydrogens (tertiary/aromatic N) is 3. The number of benzene rings is 1. The number of aromatic nitrogens is 2. The van der Waals surface area contributed by atoms with E-state index in [2.05, 4.69) is 9.97 Å². The van der Waals surface area contributed by atoms with Crippen LogP contribution in [0.2, 0.25) is 0 Å². The van der Waals surface area contributed by atoms with E-state index in [1.165, 1.54) is 11.3 Å². The van der Waals surface area contributed by atoms with Crippen molar-refractivity contribution in [1.82, 2.24) is 9.97 Å². The molecule has 0 unspecified atom stereocenters. The maximum absolute atomic E-state index is 12.8. The van der Waals surface area contributed by atoms with Crippen molar-refractivity contribution in [2.45, 2.75) is 18.9 Å². The molecule has 0 bridgehead atoms. The van der Waals surface area contributed by atoms with Gasteiger partial charge in [0.15, 0.2) is 5.13 Å². The van der Waals surface area contributed by atoms with Gasteiger partial charge in [0.1, 0.15) is 18.4 Å². The molecule has 4 heterocycles. The fourth-order valence-electron chi connectivity index (χ4n) is 3.57. The molecule has 1 aromatic carbocycles. The van der Waals surface area contributed by atoms with Gasteiger partial charge >= 0.3 is 6.09 Å². The molecule has 30 heavy (non-hydrogen) atoms. The number of nitrogen functional groups attached to an aromatic ring is 1. The number of fused-ring (bicyclic) bond motifs is 2. The molecular formula is C20H21ClN4O4S. The van der Waals surface area contributed by atoms with E-state index >= 15 is 0 Å². The Kier molecular flexibility index (Phi) is 5.94. The molecule has 0 atom stereocenters. The zero-order valence-corrected chi connectivity index (χ0v) is 17.7. The number of amides is 1. The van der Waals surface area contributed by atoms with Crippen LogP contribution in [0.15, 0.2) is 30.5 Å². The molecule has 1 fully saturated rings. The Hall–Kier alpha value is -2.62. The number of carbonyl (C=O) groups excluding carboxylic acids is 1. The second kappa shape index (κ2) is 8.63. The number of hydrogen-bond acceptors (Lipinski definition) is 8. The number of thiazole rings is 1. The average molecular weight is 449 g/mol. The number of hydrogen-bond donors (Lipinski definition) is 1. The van der Waals surface area contributed by atoms with Gasteiger partial charge in [0.05, 0.1) is 30.0 Å². The first-order valence-electron chi connectivity index (χ1n) is 9.52. The van der Waals surface area contributed by atoms with Gasteiger partial charge in [-0.2, -0.15) is 0 Å². The molecule has 8 nitrogen and oxygen atoms in total. The average Bonchev–Trinajstić information content (AvgIpc) is 3.12. The van der Waals surface area contributed by atoms with Gasteiger partial charge < -0.3 is 19.9 Å².